The van der Waals surface area contributed by atoms with E-state index in [1.165, 1.54) is 30.5 Å². The van der Waals surface area contributed by atoms with Gasteiger partial charge in [-0.3, -0.25) is 14.6 Å². The number of nitrogens with zero attached hydrogens (tertiary/aromatic N) is 2. The summed E-state index contributed by atoms with van der Waals surface area (Å²) in [5.41, 5.74) is 4.73. The van der Waals surface area contributed by atoms with Crippen LogP contribution in [0.1, 0.15) is 39.3 Å². The van der Waals surface area contributed by atoms with Crippen molar-refractivity contribution in [3.63, 3.8) is 0 Å². The van der Waals surface area contributed by atoms with Gasteiger partial charge in [0.1, 0.15) is 17.5 Å². The number of alkyl halides is 3. The monoisotopic (exact) mass is 393 g/mol. The Kier molecular flexibility index (Phi) is 5.53. The number of ether oxygens (including phenoxy) is 1. The first-order valence-corrected chi connectivity index (χ1v) is 8.63. The van der Waals surface area contributed by atoms with E-state index in [2.05, 4.69) is 4.98 Å². The maximum Gasteiger partial charge on any atom is 0.416 e. The van der Waals surface area contributed by atoms with Crippen LogP contribution >= 0.6 is 0 Å². The number of hydrogen-bond donors (Lipinski definition) is 1. The highest BCUT2D eigenvalue weighted by molar-refractivity contribution is 5.98. The molecule has 2 heterocycles. The largest absolute Gasteiger partial charge is 0.490 e. The molecule has 148 valence electrons. The van der Waals surface area contributed by atoms with Crippen LogP contribution < -0.4 is 10.5 Å². The molecule has 1 aliphatic heterocycles. The number of primary amides is 1. The van der Waals surface area contributed by atoms with E-state index in [1.54, 1.807) is 4.90 Å². The first-order chi connectivity index (χ1) is 13.2. The molecule has 2 amide bonds. The summed E-state index contributed by atoms with van der Waals surface area (Å²) in [6.07, 6.45) is -2.41. The first kappa shape index (κ1) is 19.7. The molecule has 0 atom stereocenters. The van der Waals surface area contributed by atoms with Crippen molar-refractivity contribution in [3.8, 4) is 5.75 Å². The molecule has 3 rings (SSSR count). The number of nitrogens with two attached hydrogens (primary N) is 1. The third-order valence-corrected chi connectivity index (χ3v) is 4.45. The Morgan fingerprint density at radius 3 is 2.50 bits per heavy atom. The second-order valence-corrected chi connectivity index (χ2v) is 6.43. The van der Waals surface area contributed by atoms with Gasteiger partial charge in [-0.25, -0.2) is 0 Å². The Bertz CT molecular complexity index is 878. The zero-order chi connectivity index (χ0) is 20.3. The second-order valence-electron chi connectivity index (χ2n) is 6.43. The van der Waals surface area contributed by atoms with Gasteiger partial charge in [0.2, 0.25) is 0 Å². The SMILES string of the molecule is NC(=O)c1cc(C(=O)N2CCC(Oc3cccc(C(F)(F)F)c3)CC2)ccn1. The normalized spacial score (nSPS) is 15.3. The fourth-order valence-corrected chi connectivity index (χ4v) is 3.00. The van der Waals surface area contributed by atoms with E-state index < -0.39 is 17.6 Å². The molecule has 0 bridgehead atoms. The van der Waals surface area contributed by atoms with Gasteiger partial charge in [0.15, 0.2) is 0 Å². The van der Waals surface area contributed by atoms with Gasteiger partial charge in [0.05, 0.1) is 5.56 Å². The van der Waals surface area contributed by atoms with E-state index in [4.69, 9.17) is 10.5 Å². The number of benzene rings is 1. The molecule has 2 aromatic rings. The highest BCUT2D eigenvalue weighted by Gasteiger charge is 2.31. The third-order valence-electron chi connectivity index (χ3n) is 4.45. The molecule has 0 radical (unpaired) electrons. The van der Waals surface area contributed by atoms with E-state index in [-0.39, 0.29) is 23.5 Å². The summed E-state index contributed by atoms with van der Waals surface area (Å²) in [6, 6.07) is 7.59. The van der Waals surface area contributed by atoms with Gasteiger partial charge in [-0.2, -0.15) is 13.2 Å². The molecule has 1 aromatic heterocycles. The minimum Gasteiger partial charge on any atom is -0.490 e. The summed E-state index contributed by atoms with van der Waals surface area (Å²) >= 11 is 0. The zero-order valence-corrected chi connectivity index (χ0v) is 14.8. The Hall–Kier alpha value is -3.10. The summed E-state index contributed by atoms with van der Waals surface area (Å²) in [7, 11) is 0. The Labute approximate surface area is 159 Å². The molecule has 0 spiro atoms. The standard InChI is InChI=1S/C19H18F3N3O3/c20-19(21,22)13-2-1-3-15(11-13)28-14-5-8-25(9-6-14)18(27)12-4-7-24-16(10-12)17(23)26/h1-4,7,10-11,14H,5-6,8-9H2,(H2,23,26). The highest BCUT2D eigenvalue weighted by Crippen LogP contribution is 2.32. The average molecular weight is 393 g/mol. The van der Waals surface area contributed by atoms with Gasteiger partial charge < -0.3 is 15.4 Å². The number of rotatable bonds is 4. The smallest absolute Gasteiger partial charge is 0.416 e. The van der Waals surface area contributed by atoms with Gasteiger partial charge in [-0.05, 0) is 30.3 Å². The molecule has 9 heteroatoms. The van der Waals surface area contributed by atoms with Crippen LogP contribution in [-0.2, 0) is 6.18 Å². The van der Waals surface area contributed by atoms with Crippen molar-refractivity contribution in [2.24, 2.45) is 5.73 Å². The molecule has 1 fully saturated rings. The number of amides is 2. The average Bonchev–Trinajstić information content (AvgIpc) is 2.68. The quantitative estimate of drug-likeness (QED) is 0.866. The van der Waals surface area contributed by atoms with Crippen molar-refractivity contribution in [1.82, 2.24) is 9.88 Å². The third kappa shape index (κ3) is 4.59. The first-order valence-electron chi connectivity index (χ1n) is 8.63. The summed E-state index contributed by atoms with van der Waals surface area (Å²) in [5, 5.41) is 0. The van der Waals surface area contributed by atoms with E-state index in [0.717, 1.165) is 12.1 Å². The lowest BCUT2D eigenvalue weighted by Gasteiger charge is -2.32. The zero-order valence-electron chi connectivity index (χ0n) is 14.8. The van der Waals surface area contributed by atoms with Gasteiger partial charge >= 0.3 is 6.18 Å². The van der Waals surface area contributed by atoms with Gasteiger partial charge in [-0.15, -0.1) is 0 Å². The molecule has 6 nitrogen and oxygen atoms in total. The second kappa shape index (κ2) is 7.87. The van der Waals surface area contributed by atoms with Crippen molar-refractivity contribution in [2.45, 2.75) is 25.1 Å². The summed E-state index contributed by atoms with van der Waals surface area (Å²) in [5.74, 6) is -0.829. The maximum atomic E-state index is 12.8. The van der Waals surface area contributed by atoms with Crippen molar-refractivity contribution in [1.29, 1.82) is 0 Å². The van der Waals surface area contributed by atoms with E-state index in [9.17, 15) is 22.8 Å². The summed E-state index contributed by atoms with van der Waals surface area (Å²) in [6.45, 7) is 0.771. The van der Waals surface area contributed by atoms with Crippen LogP contribution in [0.5, 0.6) is 5.75 Å². The topological polar surface area (TPSA) is 85.5 Å². The number of carbonyl (C=O) groups excluding carboxylic acids is 2. The van der Waals surface area contributed by atoms with Crippen molar-refractivity contribution >= 4 is 11.8 Å². The summed E-state index contributed by atoms with van der Waals surface area (Å²) < 4.78 is 44.0. The fraction of sp³-hybridized carbons (Fsp3) is 0.316. The van der Waals surface area contributed by atoms with Crippen LogP contribution in [-0.4, -0.2) is 40.9 Å². The number of piperidine rings is 1. The highest BCUT2D eigenvalue weighted by atomic mass is 19.4. The molecule has 1 aliphatic rings. The fourth-order valence-electron chi connectivity index (χ4n) is 3.00. The van der Waals surface area contributed by atoms with E-state index in [1.807, 2.05) is 0 Å². The minimum absolute atomic E-state index is 0.00798. The van der Waals surface area contributed by atoms with Crippen LogP contribution in [0.15, 0.2) is 42.6 Å². The predicted octanol–water partition coefficient (Wildman–Crippen LogP) is 2.88. The van der Waals surface area contributed by atoms with Crippen LogP contribution in [0.4, 0.5) is 13.2 Å². The van der Waals surface area contributed by atoms with Crippen LogP contribution in [0, 0.1) is 0 Å². The van der Waals surface area contributed by atoms with E-state index in [0.29, 0.717) is 31.5 Å². The number of hydrogen-bond acceptors (Lipinski definition) is 4. The number of pyridine rings is 1. The maximum absolute atomic E-state index is 12.8. The lowest BCUT2D eigenvalue weighted by atomic mass is 10.1. The number of halogens is 3. The summed E-state index contributed by atoms with van der Waals surface area (Å²) in [4.78, 5) is 29.2. The number of carbonyl (C=O) groups is 2. The lowest BCUT2D eigenvalue weighted by molar-refractivity contribution is -0.137. The van der Waals surface area contributed by atoms with E-state index >= 15 is 0 Å². The minimum atomic E-state index is -4.43. The van der Waals surface area contributed by atoms with Gasteiger partial charge in [0, 0.05) is 37.7 Å². The number of aromatic nitrogens is 1. The molecule has 0 unspecified atom stereocenters. The van der Waals surface area contributed by atoms with Gasteiger partial charge in [-0.1, -0.05) is 6.07 Å². The van der Waals surface area contributed by atoms with Crippen LogP contribution in [0.3, 0.4) is 0 Å². The Balaban J connectivity index is 1.60. The molecule has 28 heavy (non-hydrogen) atoms. The Morgan fingerprint density at radius 2 is 1.86 bits per heavy atom. The molecule has 1 aromatic carbocycles. The Morgan fingerprint density at radius 1 is 1.14 bits per heavy atom. The molecular formula is C19H18F3N3O3. The van der Waals surface area contributed by atoms with Gasteiger partial charge in [0.25, 0.3) is 11.8 Å². The molecule has 2 N–H and O–H groups in total. The van der Waals surface area contributed by atoms with Crippen molar-refractivity contribution in [2.75, 3.05) is 13.1 Å². The predicted molar refractivity (Wildman–Crippen MR) is 93.8 cm³/mol. The molecule has 0 aliphatic carbocycles. The van der Waals surface area contributed by atoms with Crippen molar-refractivity contribution in [3.05, 3.63) is 59.4 Å². The van der Waals surface area contributed by atoms with Crippen LogP contribution in [0.2, 0.25) is 0 Å². The van der Waals surface area contributed by atoms with Crippen LogP contribution in [0.25, 0.3) is 0 Å². The molecule has 0 saturated carbocycles. The van der Waals surface area contributed by atoms with Crippen molar-refractivity contribution < 1.29 is 27.5 Å². The molecular weight excluding hydrogens is 375 g/mol. The number of likely N-dealkylation sites (tertiary alicyclic amines) is 1. The molecule has 1 saturated heterocycles. The lowest BCUT2D eigenvalue weighted by Crippen LogP contribution is -2.41.